The van der Waals surface area contributed by atoms with Crippen LogP contribution in [0, 0.1) is 12.7 Å². The molecule has 0 bridgehead atoms. The first-order valence-corrected chi connectivity index (χ1v) is 4.85. The Hall–Kier alpha value is -1.95. The summed E-state index contributed by atoms with van der Waals surface area (Å²) in [6.07, 6.45) is 0. The van der Waals surface area contributed by atoms with Gasteiger partial charge in [0.25, 0.3) is 0 Å². The minimum atomic E-state index is -1.15. The van der Waals surface area contributed by atoms with Crippen LogP contribution >= 0.6 is 0 Å². The summed E-state index contributed by atoms with van der Waals surface area (Å²) in [7, 11) is 0. The van der Waals surface area contributed by atoms with Crippen LogP contribution in [0.25, 0.3) is 0 Å². The second kappa shape index (κ2) is 5.95. The fraction of sp³-hybridized carbons (Fsp3) is 0.273. The molecule has 17 heavy (non-hydrogen) atoms. The highest BCUT2D eigenvalue weighted by Gasteiger charge is 2.08. The molecular weight excluding hydrogens is 229 g/mol. The number of ether oxygens (including phenoxy) is 1. The van der Waals surface area contributed by atoms with Crippen molar-refractivity contribution in [2.75, 3.05) is 18.5 Å². The van der Waals surface area contributed by atoms with Gasteiger partial charge in [-0.3, -0.25) is 4.79 Å². The fourth-order valence-corrected chi connectivity index (χ4v) is 1.16. The van der Waals surface area contributed by atoms with E-state index in [0.717, 1.165) is 0 Å². The zero-order chi connectivity index (χ0) is 12.8. The van der Waals surface area contributed by atoms with Crippen LogP contribution in [0.4, 0.5) is 10.1 Å². The predicted octanol–water partition coefficient (Wildman–Crippen LogP) is 1.17. The summed E-state index contributed by atoms with van der Waals surface area (Å²) in [6.45, 7) is 0.598. The average molecular weight is 241 g/mol. The Morgan fingerprint density at radius 2 is 2.12 bits per heavy atom. The van der Waals surface area contributed by atoms with E-state index in [1.54, 1.807) is 6.07 Å². The molecule has 0 atom stereocenters. The van der Waals surface area contributed by atoms with Gasteiger partial charge in [-0.05, 0) is 19.1 Å². The summed E-state index contributed by atoms with van der Waals surface area (Å²) < 4.78 is 17.7. The van der Waals surface area contributed by atoms with Gasteiger partial charge < -0.3 is 15.2 Å². The van der Waals surface area contributed by atoms with Crippen molar-refractivity contribution >= 4 is 17.6 Å². The first-order chi connectivity index (χ1) is 8.00. The van der Waals surface area contributed by atoms with E-state index in [9.17, 15) is 14.0 Å². The van der Waals surface area contributed by atoms with Gasteiger partial charge in [-0.15, -0.1) is 0 Å². The zero-order valence-electron chi connectivity index (χ0n) is 9.20. The maximum absolute atomic E-state index is 13.1. The van der Waals surface area contributed by atoms with E-state index in [1.807, 2.05) is 0 Å². The lowest BCUT2D eigenvalue weighted by Crippen LogP contribution is -2.21. The lowest BCUT2D eigenvalue weighted by atomic mass is 10.2. The Kier molecular flexibility index (Phi) is 4.59. The van der Waals surface area contributed by atoms with Crippen LogP contribution in [-0.4, -0.2) is 30.2 Å². The number of carbonyl (C=O) groups excluding carboxylic acids is 1. The van der Waals surface area contributed by atoms with E-state index in [-0.39, 0.29) is 6.61 Å². The molecule has 92 valence electrons. The van der Waals surface area contributed by atoms with Crippen molar-refractivity contribution in [3.05, 3.63) is 29.6 Å². The lowest BCUT2D eigenvalue weighted by molar-refractivity contribution is -0.143. The van der Waals surface area contributed by atoms with Crippen molar-refractivity contribution in [2.45, 2.75) is 6.92 Å². The van der Waals surface area contributed by atoms with Gasteiger partial charge in [-0.1, -0.05) is 6.07 Å². The number of rotatable bonds is 5. The van der Waals surface area contributed by atoms with Crippen LogP contribution in [0.2, 0.25) is 0 Å². The smallest absolute Gasteiger partial charge is 0.329 e. The van der Waals surface area contributed by atoms with Gasteiger partial charge in [0.2, 0.25) is 5.91 Å². The number of hydrogen-bond donors (Lipinski definition) is 2. The molecule has 1 amide bonds. The van der Waals surface area contributed by atoms with E-state index < -0.39 is 24.3 Å². The molecule has 0 unspecified atom stereocenters. The van der Waals surface area contributed by atoms with Crippen molar-refractivity contribution in [1.29, 1.82) is 0 Å². The van der Waals surface area contributed by atoms with E-state index in [0.29, 0.717) is 11.3 Å². The Morgan fingerprint density at radius 1 is 1.41 bits per heavy atom. The molecule has 1 rings (SSSR count). The SMILES string of the molecule is Cc1c(F)cccc1NC(=O)COCC(=O)O. The van der Waals surface area contributed by atoms with Crippen LogP contribution in [-0.2, 0) is 14.3 Å². The Balaban J connectivity index is 2.51. The van der Waals surface area contributed by atoms with Crippen molar-refractivity contribution < 1.29 is 23.8 Å². The van der Waals surface area contributed by atoms with E-state index in [4.69, 9.17) is 5.11 Å². The number of carboxylic acids is 1. The van der Waals surface area contributed by atoms with Gasteiger partial charge in [0.05, 0.1) is 0 Å². The van der Waals surface area contributed by atoms with Crippen LogP contribution in [0.15, 0.2) is 18.2 Å². The van der Waals surface area contributed by atoms with Crippen LogP contribution in [0.3, 0.4) is 0 Å². The maximum atomic E-state index is 13.1. The summed E-state index contributed by atoms with van der Waals surface area (Å²) in [6, 6.07) is 4.30. The largest absolute Gasteiger partial charge is 0.480 e. The molecule has 0 radical (unpaired) electrons. The quantitative estimate of drug-likeness (QED) is 0.811. The van der Waals surface area contributed by atoms with E-state index in [2.05, 4.69) is 10.1 Å². The van der Waals surface area contributed by atoms with Gasteiger partial charge in [-0.25, -0.2) is 9.18 Å². The van der Waals surface area contributed by atoms with E-state index >= 15 is 0 Å². The fourth-order valence-electron chi connectivity index (χ4n) is 1.16. The second-order valence-corrected chi connectivity index (χ2v) is 3.35. The normalized spacial score (nSPS) is 10.0. The van der Waals surface area contributed by atoms with Crippen LogP contribution in [0.1, 0.15) is 5.56 Å². The van der Waals surface area contributed by atoms with Gasteiger partial charge in [0.1, 0.15) is 19.0 Å². The number of halogens is 1. The van der Waals surface area contributed by atoms with Crippen molar-refractivity contribution in [2.24, 2.45) is 0 Å². The predicted molar refractivity (Wildman–Crippen MR) is 58.2 cm³/mol. The monoisotopic (exact) mass is 241 g/mol. The number of carbonyl (C=O) groups is 2. The minimum absolute atomic E-state index is 0.319. The number of benzene rings is 1. The first kappa shape index (κ1) is 13.1. The summed E-state index contributed by atoms with van der Waals surface area (Å²) in [5.41, 5.74) is 0.660. The molecule has 1 aromatic carbocycles. The highest BCUT2D eigenvalue weighted by molar-refractivity contribution is 5.92. The van der Waals surface area contributed by atoms with Gasteiger partial charge in [0.15, 0.2) is 0 Å². The number of anilines is 1. The Bertz CT molecular complexity index is 433. The van der Waals surface area contributed by atoms with Crippen molar-refractivity contribution in [3.8, 4) is 0 Å². The molecule has 0 aliphatic carbocycles. The van der Waals surface area contributed by atoms with Gasteiger partial charge in [0, 0.05) is 11.3 Å². The average Bonchev–Trinajstić information content (AvgIpc) is 2.24. The molecule has 2 N–H and O–H groups in total. The third kappa shape index (κ3) is 4.20. The number of hydrogen-bond acceptors (Lipinski definition) is 3. The highest BCUT2D eigenvalue weighted by atomic mass is 19.1. The summed E-state index contributed by atoms with van der Waals surface area (Å²) in [5, 5.41) is 10.7. The molecule has 0 heterocycles. The number of carboxylic acid groups (broad SMARTS) is 1. The molecule has 0 aliphatic heterocycles. The molecule has 0 aliphatic rings. The second-order valence-electron chi connectivity index (χ2n) is 3.35. The van der Waals surface area contributed by atoms with Crippen molar-refractivity contribution in [3.63, 3.8) is 0 Å². The topological polar surface area (TPSA) is 75.6 Å². The van der Waals surface area contributed by atoms with Crippen LogP contribution in [0.5, 0.6) is 0 Å². The third-order valence-electron chi connectivity index (χ3n) is 2.00. The first-order valence-electron chi connectivity index (χ1n) is 4.85. The molecule has 0 aromatic heterocycles. The van der Waals surface area contributed by atoms with Crippen molar-refractivity contribution in [1.82, 2.24) is 0 Å². The highest BCUT2D eigenvalue weighted by Crippen LogP contribution is 2.16. The molecular formula is C11H12FNO4. The molecule has 6 heteroatoms. The molecule has 1 aromatic rings. The number of aliphatic carboxylic acids is 1. The molecule has 0 spiro atoms. The third-order valence-corrected chi connectivity index (χ3v) is 2.00. The van der Waals surface area contributed by atoms with E-state index in [1.165, 1.54) is 19.1 Å². The van der Waals surface area contributed by atoms with Crippen LogP contribution < -0.4 is 5.32 Å². The minimum Gasteiger partial charge on any atom is -0.480 e. The summed E-state index contributed by atoms with van der Waals surface area (Å²) in [4.78, 5) is 21.4. The number of nitrogens with one attached hydrogen (secondary N) is 1. The Labute approximate surface area is 97.2 Å². The molecule has 0 saturated heterocycles. The molecule has 0 fully saturated rings. The molecule has 5 nitrogen and oxygen atoms in total. The molecule has 0 saturated carbocycles. The Morgan fingerprint density at radius 3 is 2.76 bits per heavy atom. The number of amides is 1. The standard InChI is InChI=1S/C11H12FNO4/c1-7-8(12)3-2-4-9(7)13-10(14)5-17-6-11(15)16/h2-4H,5-6H2,1H3,(H,13,14)(H,15,16). The maximum Gasteiger partial charge on any atom is 0.329 e. The van der Waals surface area contributed by atoms with Gasteiger partial charge in [-0.2, -0.15) is 0 Å². The summed E-state index contributed by atoms with van der Waals surface area (Å²) >= 11 is 0. The lowest BCUT2D eigenvalue weighted by Gasteiger charge is -2.08. The van der Waals surface area contributed by atoms with Gasteiger partial charge >= 0.3 is 5.97 Å². The zero-order valence-corrected chi connectivity index (χ0v) is 9.20. The summed E-state index contributed by atoms with van der Waals surface area (Å²) in [5.74, 6) is -2.10.